The summed E-state index contributed by atoms with van der Waals surface area (Å²) >= 11 is 0. The van der Waals surface area contributed by atoms with Crippen molar-refractivity contribution in [2.45, 2.75) is 32.2 Å². The number of rotatable bonds is 2. The summed E-state index contributed by atoms with van der Waals surface area (Å²) in [6, 6.07) is 2.04. The Morgan fingerprint density at radius 2 is 2.47 bits per heavy atom. The molecule has 1 N–H and O–H groups in total. The smallest absolute Gasteiger partial charge is 0.255 e. The molecule has 0 aliphatic carbocycles. The summed E-state index contributed by atoms with van der Waals surface area (Å²) in [6.07, 6.45) is 6.30. The number of hydrogen-bond donors (Lipinski definition) is 1. The minimum Gasteiger partial charge on any atom is -0.384 e. The summed E-state index contributed by atoms with van der Waals surface area (Å²) in [7, 11) is 0. The Bertz CT molecular complexity index is 516. The monoisotopic (exact) mass is 258 g/mol. The molecule has 0 aromatic carbocycles. The van der Waals surface area contributed by atoms with E-state index < -0.39 is 0 Å². The van der Waals surface area contributed by atoms with Crippen molar-refractivity contribution < 1.29 is 9.90 Å². The molecule has 1 aliphatic heterocycles. The highest BCUT2D eigenvalue weighted by Gasteiger charge is 2.28. The maximum atomic E-state index is 12.6. The van der Waals surface area contributed by atoms with Crippen molar-refractivity contribution in [1.29, 1.82) is 0 Å². The Labute approximate surface area is 113 Å². The lowest BCUT2D eigenvalue weighted by Crippen LogP contribution is -2.35. The molecule has 0 spiro atoms. The van der Waals surface area contributed by atoms with Crippen molar-refractivity contribution in [3.8, 4) is 11.8 Å². The Balaban J connectivity index is 2.28. The minimum atomic E-state index is -0.218. The second kappa shape index (κ2) is 6.35. The van der Waals surface area contributed by atoms with Gasteiger partial charge in [-0.25, -0.2) is 0 Å². The van der Waals surface area contributed by atoms with E-state index in [0.29, 0.717) is 17.2 Å². The Kier molecular flexibility index (Phi) is 4.53. The van der Waals surface area contributed by atoms with Crippen LogP contribution in [0.5, 0.6) is 0 Å². The highest BCUT2D eigenvalue weighted by Crippen LogP contribution is 2.23. The number of carbonyl (C=O) groups excluding carboxylic acids is 1. The van der Waals surface area contributed by atoms with Crippen LogP contribution in [-0.2, 0) is 0 Å². The highest BCUT2D eigenvalue weighted by molar-refractivity contribution is 5.96. The van der Waals surface area contributed by atoms with Gasteiger partial charge in [0.2, 0.25) is 0 Å². The fourth-order valence-corrected chi connectivity index (χ4v) is 2.50. The molecule has 1 saturated heterocycles. The molecule has 0 saturated carbocycles. The molecular weight excluding hydrogens is 240 g/mol. The summed E-state index contributed by atoms with van der Waals surface area (Å²) in [5.74, 6) is 5.38. The molecule has 4 nitrogen and oxygen atoms in total. The zero-order valence-electron chi connectivity index (χ0n) is 11.1. The highest BCUT2D eigenvalue weighted by atomic mass is 16.2. The van der Waals surface area contributed by atoms with Crippen molar-refractivity contribution >= 4 is 5.91 Å². The molecule has 0 radical (unpaired) electrons. The molecule has 2 rings (SSSR count). The zero-order chi connectivity index (χ0) is 13.7. The number of aliphatic hydroxyl groups is 1. The van der Waals surface area contributed by atoms with Crippen LogP contribution in [0.2, 0.25) is 0 Å². The van der Waals surface area contributed by atoms with E-state index in [1.165, 1.54) is 0 Å². The third-order valence-corrected chi connectivity index (χ3v) is 3.46. The van der Waals surface area contributed by atoms with Crippen molar-refractivity contribution in [2.75, 3.05) is 13.2 Å². The average Bonchev–Trinajstić information content (AvgIpc) is 2.93. The molecular formula is C15H18N2O2. The molecule has 0 bridgehead atoms. The van der Waals surface area contributed by atoms with Gasteiger partial charge in [0.15, 0.2) is 0 Å². The second-order valence-corrected chi connectivity index (χ2v) is 4.58. The third-order valence-electron chi connectivity index (χ3n) is 3.46. The summed E-state index contributed by atoms with van der Waals surface area (Å²) in [6.45, 7) is 2.70. The summed E-state index contributed by atoms with van der Waals surface area (Å²) < 4.78 is 0. The van der Waals surface area contributed by atoms with Crippen LogP contribution in [-0.4, -0.2) is 40.1 Å². The largest absolute Gasteiger partial charge is 0.384 e. The quantitative estimate of drug-likeness (QED) is 0.817. The van der Waals surface area contributed by atoms with Crippen molar-refractivity contribution in [3.63, 3.8) is 0 Å². The SMILES string of the molecule is CCC1CCCN1C(=O)c1ccncc1C#CCO. The van der Waals surface area contributed by atoms with E-state index in [-0.39, 0.29) is 12.5 Å². The number of carbonyl (C=O) groups is 1. The first-order valence-electron chi connectivity index (χ1n) is 6.62. The maximum Gasteiger partial charge on any atom is 0.255 e. The molecule has 4 heteroatoms. The molecule has 100 valence electrons. The van der Waals surface area contributed by atoms with E-state index in [2.05, 4.69) is 23.7 Å². The van der Waals surface area contributed by atoms with Crippen LogP contribution in [0, 0.1) is 11.8 Å². The molecule has 1 aromatic heterocycles. The number of likely N-dealkylation sites (tertiary alicyclic amines) is 1. The van der Waals surface area contributed by atoms with Crippen LogP contribution in [0.15, 0.2) is 18.5 Å². The van der Waals surface area contributed by atoms with Gasteiger partial charge < -0.3 is 10.0 Å². The molecule has 1 atom stereocenters. The van der Waals surface area contributed by atoms with Gasteiger partial charge in [0, 0.05) is 25.0 Å². The lowest BCUT2D eigenvalue weighted by Gasteiger charge is -2.24. The van der Waals surface area contributed by atoms with Crippen LogP contribution in [0.1, 0.15) is 42.1 Å². The predicted molar refractivity (Wildman–Crippen MR) is 72.6 cm³/mol. The zero-order valence-corrected chi connectivity index (χ0v) is 11.1. The van der Waals surface area contributed by atoms with Gasteiger partial charge in [0.1, 0.15) is 6.61 Å². The summed E-state index contributed by atoms with van der Waals surface area (Å²) in [5.41, 5.74) is 1.17. The molecule has 1 aliphatic rings. The number of aromatic nitrogens is 1. The van der Waals surface area contributed by atoms with Gasteiger partial charge in [-0.2, -0.15) is 0 Å². The van der Waals surface area contributed by atoms with Gasteiger partial charge in [-0.3, -0.25) is 9.78 Å². The third kappa shape index (κ3) is 2.94. The number of aliphatic hydroxyl groups excluding tert-OH is 1. The molecule has 1 amide bonds. The van der Waals surface area contributed by atoms with E-state index in [9.17, 15) is 4.79 Å². The number of hydrogen-bond acceptors (Lipinski definition) is 3. The minimum absolute atomic E-state index is 0.0222. The van der Waals surface area contributed by atoms with E-state index in [4.69, 9.17) is 5.11 Å². The van der Waals surface area contributed by atoms with Gasteiger partial charge in [0.05, 0.1) is 11.1 Å². The fourth-order valence-electron chi connectivity index (χ4n) is 2.50. The summed E-state index contributed by atoms with van der Waals surface area (Å²) in [4.78, 5) is 18.5. The topological polar surface area (TPSA) is 53.4 Å². The van der Waals surface area contributed by atoms with Gasteiger partial charge >= 0.3 is 0 Å². The Morgan fingerprint density at radius 3 is 3.21 bits per heavy atom. The van der Waals surface area contributed by atoms with Crippen LogP contribution >= 0.6 is 0 Å². The first-order chi connectivity index (χ1) is 9.27. The molecule has 19 heavy (non-hydrogen) atoms. The van der Waals surface area contributed by atoms with Crippen molar-refractivity contribution in [2.24, 2.45) is 0 Å². The fraction of sp³-hybridized carbons (Fsp3) is 0.467. The first kappa shape index (κ1) is 13.6. The Morgan fingerprint density at radius 1 is 1.63 bits per heavy atom. The Hall–Kier alpha value is -1.86. The number of nitrogens with zero attached hydrogens (tertiary/aromatic N) is 2. The van der Waals surface area contributed by atoms with E-state index in [1.54, 1.807) is 18.5 Å². The number of pyridine rings is 1. The molecule has 1 fully saturated rings. The molecule has 2 heterocycles. The van der Waals surface area contributed by atoms with Crippen LogP contribution in [0.3, 0.4) is 0 Å². The van der Waals surface area contributed by atoms with Gasteiger partial charge in [0.25, 0.3) is 5.91 Å². The van der Waals surface area contributed by atoms with Gasteiger partial charge in [-0.1, -0.05) is 18.8 Å². The second-order valence-electron chi connectivity index (χ2n) is 4.58. The normalized spacial score (nSPS) is 18.0. The van der Waals surface area contributed by atoms with E-state index in [1.807, 2.05) is 4.90 Å². The average molecular weight is 258 g/mol. The van der Waals surface area contributed by atoms with E-state index >= 15 is 0 Å². The standard InChI is InChI=1S/C15H18N2O2/c1-2-13-6-3-9-17(13)15(19)14-7-8-16-11-12(14)5-4-10-18/h7-8,11,13,18H,2-3,6,9-10H2,1H3. The lowest BCUT2D eigenvalue weighted by atomic mass is 10.1. The predicted octanol–water partition coefficient (Wildman–Crippen LogP) is 1.44. The van der Waals surface area contributed by atoms with Crippen LogP contribution < -0.4 is 0 Å². The first-order valence-corrected chi connectivity index (χ1v) is 6.62. The lowest BCUT2D eigenvalue weighted by molar-refractivity contribution is 0.0733. The maximum absolute atomic E-state index is 12.6. The number of amides is 1. The van der Waals surface area contributed by atoms with Crippen LogP contribution in [0.25, 0.3) is 0 Å². The van der Waals surface area contributed by atoms with Crippen molar-refractivity contribution in [3.05, 3.63) is 29.6 Å². The van der Waals surface area contributed by atoms with Crippen LogP contribution in [0.4, 0.5) is 0 Å². The summed E-state index contributed by atoms with van der Waals surface area (Å²) in [5, 5.41) is 8.76. The molecule has 1 unspecified atom stereocenters. The van der Waals surface area contributed by atoms with Crippen molar-refractivity contribution in [1.82, 2.24) is 9.88 Å². The molecule has 1 aromatic rings. The van der Waals surface area contributed by atoms with Gasteiger partial charge in [-0.15, -0.1) is 0 Å². The van der Waals surface area contributed by atoms with E-state index in [0.717, 1.165) is 25.8 Å². The van der Waals surface area contributed by atoms with Gasteiger partial charge in [-0.05, 0) is 25.3 Å².